The zero-order valence-corrected chi connectivity index (χ0v) is 15.2. The van der Waals surface area contributed by atoms with Gasteiger partial charge in [-0.3, -0.25) is 4.79 Å². The largest absolute Gasteiger partial charge is 0.325 e. The Labute approximate surface area is 151 Å². The number of hydrogen-bond donors (Lipinski definition) is 1. The van der Waals surface area contributed by atoms with Crippen molar-refractivity contribution in [3.8, 4) is 5.69 Å². The minimum atomic E-state index is -0.113. The third-order valence-corrected chi connectivity index (χ3v) is 5.00. The summed E-state index contributed by atoms with van der Waals surface area (Å²) < 4.78 is 2.57. The fourth-order valence-electron chi connectivity index (χ4n) is 2.00. The summed E-state index contributed by atoms with van der Waals surface area (Å²) in [5.74, 6) is 0.108. The van der Waals surface area contributed by atoms with E-state index in [4.69, 9.17) is 0 Å². The molecule has 0 aliphatic heterocycles. The summed E-state index contributed by atoms with van der Waals surface area (Å²) in [5.41, 5.74) is 2.72. The Balaban J connectivity index is 1.63. The smallest absolute Gasteiger partial charge is 0.234 e. The van der Waals surface area contributed by atoms with Gasteiger partial charge in [0.1, 0.15) is 0 Å². The molecule has 8 heteroatoms. The molecule has 0 radical (unpaired) electrons. The number of anilines is 1. The molecule has 24 heavy (non-hydrogen) atoms. The Morgan fingerprint density at radius 3 is 2.79 bits per heavy atom. The molecule has 3 aromatic rings. The number of aromatic nitrogens is 4. The lowest BCUT2D eigenvalue weighted by Crippen LogP contribution is -2.14. The van der Waals surface area contributed by atoms with Gasteiger partial charge in [-0.1, -0.05) is 52.0 Å². The molecule has 0 spiro atoms. The minimum Gasteiger partial charge on any atom is -0.325 e. The maximum absolute atomic E-state index is 12.1. The highest BCUT2D eigenvalue weighted by Crippen LogP contribution is 2.22. The number of amides is 1. The number of carbonyl (C=O) groups excluding carboxylic acids is 1. The summed E-state index contributed by atoms with van der Waals surface area (Å²) in [5, 5.41) is 15.1. The highest BCUT2D eigenvalue weighted by atomic mass is 79.9. The highest BCUT2D eigenvalue weighted by molar-refractivity contribution is 9.10. The molecule has 1 amide bonds. The van der Waals surface area contributed by atoms with Crippen LogP contribution in [0.1, 0.15) is 5.56 Å². The third-order valence-electron chi connectivity index (χ3n) is 3.23. The summed E-state index contributed by atoms with van der Waals surface area (Å²) in [7, 11) is 0. The van der Waals surface area contributed by atoms with Gasteiger partial charge in [0.05, 0.1) is 11.4 Å². The fourth-order valence-corrected chi connectivity index (χ4v) is 3.07. The van der Waals surface area contributed by atoms with Gasteiger partial charge in [0.2, 0.25) is 11.1 Å². The number of para-hydroxylation sites is 1. The summed E-state index contributed by atoms with van der Waals surface area (Å²) in [4.78, 5) is 12.1. The van der Waals surface area contributed by atoms with E-state index in [2.05, 4.69) is 36.8 Å². The van der Waals surface area contributed by atoms with Crippen molar-refractivity contribution in [3.05, 3.63) is 58.6 Å². The first-order chi connectivity index (χ1) is 11.6. The lowest BCUT2D eigenvalue weighted by Gasteiger charge is -2.07. The van der Waals surface area contributed by atoms with Crippen molar-refractivity contribution in [1.29, 1.82) is 0 Å². The van der Waals surface area contributed by atoms with Crippen LogP contribution >= 0.6 is 27.7 Å². The van der Waals surface area contributed by atoms with Gasteiger partial charge in [-0.05, 0) is 47.2 Å². The molecule has 0 fully saturated rings. The van der Waals surface area contributed by atoms with Crippen LogP contribution in [0, 0.1) is 6.92 Å². The summed E-state index contributed by atoms with van der Waals surface area (Å²) in [6, 6.07) is 15.3. The van der Waals surface area contributed by atoms with Gasteiger partial charge in [0.25, 0.3) is 0 Å². The van der Waals surface area contributed by atoms with E-state index in [-0.39, 0.29) is 11.7 Å². The molecule has 0 atom stereocenters. The Morgan fingerprint density at radius 2 is 2.04 bits per heavy atom. The van der Waals surface area contributed by atoms with Gasteiger partial charge < -0.3 is 5.32 Å². The van der Waals surface area contributed by atoms with E-state index in [0.717, 1.165) is 21.4 Å². The number of thioether (sulfide) groups is 1. The zero-order valence-electron chi connectivity index (χ0n) is 12.8. The molecule has 6 nitrogen and oxygen atoms in total. The van der Waals surface area contributed by atoms with Gasteiger partial charge in [0, 0.05) is 10.2 Å². The molecule has 0 aliphatic rings. The second-order valence-electron chi connectivity index (χ2n) is 5.01. The number of carbonyl (C=O) groups is 1. The molecule has 0 bridgehead atoms. The number of aryl methyl sites for hydroxylation is 1. The standard InChI is InChI=1S/C16H14BrN5OS/c1-11-7-8-12(9-14(11)17)18-15(23)10-24-16-19-20-21-22(16)13-5-3-2-4-6-13/h2-9H,10H2,1H3,(H,18,23). The molecule has 122 valence electrons. The Morgan fingerprint density at radius 1 is 1.25 bits per heavy atom. The van der Waals surface area contributed by atoms with E-state index in [1.807, 2.05) is 55.5 Å². The van der Waals surface area contributed by atoms with Crippen LogP contribution in [0.25, 0.3) is 5.69 Å². The number of rotatable bonds is 5. The SMILES string of the molecule is Cc1ccc(NC(=O)CSc2nnnn2-c2ccccc2)cc1Br. The van der Waals surface area contributed by atoms with Crippen LogP contribution in [0.4, 0.5) is 5.69 Å². The van der Waals surface area contributed by atoms with E-state index in [1.165, 1.54) is 11.8 Å². The van der Waals surface area contributed by atoms with Crippen molar-refractivity contribution in [2.45, 2.75) is 12.1 Å². The molecular formula is C16H14BrN5OS. The second-order valence-corrected chi connectivity index (χ2v) is 6.81. The Hall–Kier alpha value is -2.19. The fraction of sp³-hybridized carbons (Fsp3) is 0.125. The zero-order chi connectivity index (χ0) is 16.9. The van der Waals surface area contributed by atoms with Crippen molar-refractivity contribution in [2.75, 3.05) is 11.1 Å². The molecule has 0 saturated carbocycles. The summed E-state index contributed by atoms with van der Waals surface area (Å²) >= 11 is 4.74. The molecule has 2 aromatic carbocycles. The topological polar surface area (TPSA) is 72.7 Å². The Kier molecular flexibility index (Phi) is 5.27. The van der Waals surface area contributed by atoms with Crippen molar-refractivity contribution in [1.82, 2.24) is 20.2 Å². The predicted molar refractivity (Wildman–Crippen MR) is 97.4 cm³/mol. The first-order valence-electron chi connectivity index (χ1n) is 7.16. The number of benzene rings is 2. The molecule has 1 N–H and O–H groups in total. The highest BCUT2D eigenvalue weighted by Gasteiger charge is 2.11. The normalized spacial score (nSPS) is 10.6. The third kappa shape index (κ3) is 4.01. The van der Waals surface area contributed by atoms with E-state index >= 15 is 0 Å². The predicted octanol–water partition coefficient (Wildman–Crippen LogP) is 3.46. The van der Waals surface area contributed by atoms with Crippen LogP contribution < -0.4 is 5.32 Å². The number of nitrogens with zero attached hydrogens (tertiary/aromatic N) is 4. The first kappa shape index (κ1) is 16.7. The van der Waals surface area contributed by atoms with Gasteiger partial charge in [-0.25, -0.2) is 0 Å². The van der Waals surface area contributed by atoms with Crippen molar-refractivity contribution < 1.29 is 4.79 Å². The van der Waals surface area contributed by atoms with Crippen LogP contribution in [-0.4, -0.2) is 31.9 Å². The molecule has 1 heterocycles. The molecule has 1 aromatic heterocycles. The van der Waals surface area contributed by atoms with Crippen molar-refractivity contribution in [2.24, 2.45) is 0 Å². The molecular weight excluding hydrogens is 390 g/mol. The number of hydrogen-bond acceptors (Lipinski definition) is 5. The average molecular weight is 404 g/mol. The van der Waals surface area contributed by atoms with Gasteiger partial charge in [0.15, 0.2) is 0 Å². The van der Waals surface area contributed by atoms with Crippen LogP contribution in [0.15, 0.2) is 58.2 Å². The first-order valence-corrected chi connectivity index (χ1v) is 8.94. The summed E-state index contributed by atoms with van der Waals surface area (Å²) in [6.07, 6.45) is 0. The molecule has 0 aliphatic carbocycles. The molecule has 0 saturated heterocycles. The van der Waals surface area contributed by atoms with E-state index in [0.29, 0.717) is 5.16 Å². The van der Waals surface area contributed by atoms with Gasteiger partial charge in [-0.15, -0.1) is 5.10 Å². The number of halogens is 1. The Bertz CT molecular complexity index is 853. The molecule has 3 rings (SSSR count). The number of tetrazole rings is 1. The van der Waals surface area contributed by atoms with Crippen LogP contribution in [0.3, 0.4) is 0 Å². The monoisotopic (exact) mass is 403 g/mol. The van der Waals surface area contributed by atoms with Crippen molar-refractivity contribution in [3.63, 3.8) is 0 Å². The second kappa shape index (κ2) is 7.59. The van der Waals surface area contributed by atoms with Crippen LogP contribution in [0.2, 0.25) is 0 Å². The van der Waals surface area contributed by atoms with E-state index in [1.54, 1.807) is 4.68 Å². The maximum Gasteiger partial charge on any atom is 0.234 e. The average Bonchev–Trinajstić information content (AvgIpc) is 3.06. The quantitative estimate of drug-likeness (QED) is 0.660. The van der Waals surface area contributed by atoms with Crippen molar-refractivity contribution >= 4 is 39.3 Å². The number of nitrogens with one attached hydrogen (secondary N) is 1. The summed E-state index contributed by atoms with van der Waals surface area (Å²) in [6.45, 7) is 1.99. The minimum absolute atomic E-state index is 0.113. The maximum atomic E-state index is 12.1. The van der Waals surface area contributed by atoms with E-state index in [9.17, 15) is 4.79 Å². The lowest BCUT2D eigenvalue weighted by atomic mass is 10.2. The van der Waals surface area contributed by atoms with Crippen LogP contribution in [-0.2, 0) is 4.79 Å². The lowest BCUT2D eigenvalue weighted by molar-refractivity contribution is -0.113. The van der Waals surface area contributed by atoms with Gasteiger partial charge >= 0.3 is 0 Å². The van der Waals surface area contributed by atoms with E-state index < -0.39 is 0 Å². The van der Waals surface area contributed by atoms with Crippen LogP contribution in [0.5, 0.6) is 0 Å². The molecule has 0 unspecified atom stereocenters. The van der Waals surface area contributed by atoms with Gasteiger partial charge in [-0.2, -0.15) is 4.68 Å².